The molecule has 8 heteroatoms. The number of methoxy groups -OCH3 is 2. The number of rotatable bonds is 6. The Hall–Kier alpha value is -3.94. The normalized spacial score (nSPS) is 11.7. The molecule has 29 heavy (non-hydrogen) atoms. The maximum absolute atomic E-state index is 12.5. The molecule has 0 atom stereocenters. The van der Waals surface area contributed by atoms with Crippen LogP contribution in [0, 0.1) is 0 Å². The van der Waals surface area contributed by atoms with Gasteiger partial charge in [-0.05, 0) is 36.4 Å². The van der Waals surface area contributed by atoms with Gasteiger partial charge in [0.15, 0.2) is 11.5 Å². The molecular formula is C21H19N3O5. The molecule has 1 aliphatic heterocycles. The van der Waals surface area contributed by atoms with Crippen LogP contribution in [0.1, 0.15) is 10.4 Å². The second-order valence-corrected chi connectivity index (χ2v) is 6.15. The van der Waals surface area contributed by atoms with Crippen LogP contribution < -0.4 is 29.6 Å². The average molecular weight is 393 g/mol. The van der Waals surface area contributed by atoms with Crippen LogP contribution >= 0.6 is 0 Å². The van der Waals surface area contributed by atoms with Crippen molar-refractivity contribution in [3.05, 3.63) is 60.3 Å². The van der Waals surface area contributed by atoms with Crippen molar-refractivity contribution in [3.63, 3.8) is 0 Å². The number of aromatic nitrogens is 1. The molecule has 3 aromatic rings. The number of carbonyl (C=O) groups excluding carboxylic acids is 1. The third kappa shape index (κ3) is 4.01. The van der Waals surface area contributed by atoms with Crippen LogP contribution in [0.4, 0.5) is 17.2 Å². The van der Waals surface area contributed by atoms with Gasteiger partial charge in [-0.25, -0.2) is 4.98 Å². The molecule has 8 nitrogen and oxygen atoms in total. The molecule has 148 valence electrons. The van der Waals surface area contributed by atoms with Crippen molar-refractivity contribution >= 4 is 23.1 Å². The molecule has 0 fully saturated rings. The molecule has 0 saturated carbocycles. The van der Waals surface area contributed by atoms with Crippen molar-refractivity contribution in [2.24, 2.45) is 0 Å². The minimum Gasteiger partial charge on any atom is -0.497 e. The summed E-state index contributed by atoms with van der Waals surface area (Å²) in [7, 11) is 3.10. The summed E-state index contributed by atoms with van der Waals surface area (Å²) in [6.45, 7) is 0.222. The maximum Gasteiger partial charge on any atom is 0.257 e. The number of hydrogen-bond donors (Lipinski definition) is 2. The lowest BCUT2D eigenvalue weighted by Crippen LogP contribution is -2.13. The zero-order valence-corrected chi connectivity index (χ0v) is 15.9. The second-order valence-electron chi connectivity index (χ2n) is 6.15. The van der Waals surface area contributed by atoms with Crippen LogP contribution in [0.25, 0.3) is 0 Å². The zero-order chi connectivity index (χ0) is 20.2. The third-order valence-corrected chi connectivity index (χ3v) is 4.33. The zero-order valence-electron chi connectivity index (χ0n) is 15.9. The van der Waals surface area contributed by atoms with Crippen molar-refractivity contribution in [1.82, 2.24) is 4.98 Å². The highest BCUT2D eigenvalue weighted by Gasteiger charge is 2.14. The molecule has 0 aliphatic carbocycles. The predicted octanol–water partition coefficient (Wildman–Crippen LogP) is 3.82. The Labute approximate surface area is 167 Å². The number of benzene rings is 2. The largest absolute Gasteiger partial charge is 0.497 e. The number of ether oxygens (including phenoxy) is 4. The quantitative estimate of drug-likeness (QED) is 0.658. The Balaban J connectivity index is 1.44. The number of nitrogens with zero attached hydrogens (tertiary/aromatic N) is 1. The van der Waals surface area contributed by atoms with Crippen LogP contribution in [0.5, 0.6) is 23.0 Å². The molecule has 4 rings (SSSR count). The summed E-state index contributed by atoms with van der Waals surface area (Å²) in [4.78, 5) is 16.9. The molecule has 2 N–H and O–H groups in total. The lowest BCUT2D eigenvalue weighted by Gasteiger charge is -2.12. The fourth-order valence-corrected chi connectivity index (χ4v) is 2.82. The summed E-state index contributed by atoms with van der Waals surface area (Å²) in [5.41, 5.74) is 1.77. The van der Waals surface area contributed by atoms with Crippen LogP contribution in [0.2, 0.25) is 0 Å². The summed E-state index contributed by atoms with van der Waals surface area (Å²) < 4.78 is 21.1. The molecule has 0 spiro atoms. The van der Waals surface area contributed by atoms with Crippen LogP contribution in [-0.4, -0.2) is 31.9 Å². The van der Waals surface area contributed by atoms with Gasteiger partial charge in [0.2, 0.25) is 6.79 Å². The lowest BCUT2D eigenvalue weighted by molar-refractivity contribution is 0.102. The molecule has 1 aromatic heterocycles. The standard InChI is InChI=1S/C21H19N3O5/c1-26-15-5-6-16(18(10-15)27-2)24-21(25)13-3-8-20(22-11-13)23-14-4-7-17-19(9-14)29-12-28-17/h3-11H,12H2,1-2H3,(H,22,23)(H,24,25). The molecule has 0 saturated heterocycles. The summed E-state index contributed by atoms with van der Waals surface area (Å²) in [6.07, 6.45) is 1.50. The van der Waals surface area contributed by atoms with Crippen LogP contribution in [0.15, 0.2) is 54.7 Å². The van der Waals surface area contributed by atoms with Gasteiger partial charge in [0.25, 0.3) is 5.91 Å². The van der Waals surface area contributed by atoms with E-state index in [1.807, 2.05) is 18.2 Å². The van der Waals surface area contributed by atoms with Crippen molar-refractivity contribution < 1.29 is 23.7 Å². The van der Waals surface area contributed by atoms with Gasteiger partial charge in [-0.2, -0.15) is 0 Å². The summed E-state index contributed by atoms with van der Waals surface area (Å²) in [6, 6.07) is 14.1. The predicted molar refractivity (Wildman–Crippen MR) is 108 cm³/mol. The number of hydrogen-bond acceptors (Lipinski definition) is 7. The number of fused-ring (bicyclic) bond motifs is 1. The molecule has 2 heterocycles. The average Bonchev–Trinajstić information content (AvgIpc) is 3.22. The lowest BCUT2D eigenvalue weighted by atomic mass is 10.2. The van der Waals surface area contributed by atoms with Crippen molar-refractivity contribution in [1.29, 1.82) is 0 Å². The highest BCUT2D eigenvalue weighted by molar-refractivity contribution is 6.05. The van der Waals surface area contributed by atoms with Gasteiger partial charge in [0, 0.05) is 24.0 Å². The summed E-state index contributed by atoms with van der Waals surface area (Å²) >= 11 is 0. The second kappa shape index (κ2) is 7.97. The number of nitrogens with one attached hydrogen (secondary N) is 2. The molecular weight excluding hydrogens is 374 g/mol. The van der Waals surface area contributed by atoms with E-state index in [4.69, 9.17) is 18.9 Å². The maximum atomic E-state index is 12.5. The molecule has 0 unspecified atom stereocenters. The van der Waals surface area contributed by atoms with Crippen molar-refractivity contribution in [2.75, 3.05) is 31.6 Å². The van der Waals surface area contributed by atoms with E-state index in [-0.39, 0.29) is 12.7 Å². The van der Waals surface area contributed by atoms with Crippen molar-refractivity contribution in [2.45, 2.75) is 0 Å². The highest BCUT2D eigenvalue weighted by atomic mass is 16.7. The first kappa shape index (κ1) is 18.4. The number of anilines is 3. The van der Waals surface area contributed by atoms with E-state index in [9.17, 15) is 4.79 Å². The van der Waals surface area contributed by atoms with Gasteiger partial charge in [-0.3, -0.25) is 4.79 Å². The Morgan fingerprint density at radius 3 is 2.62 bits per heavy atom. The topological polar surface area (TPSA) is 90.9 Å². The van der Waals surface area contributed by atoms with Gasteiger partial charge >= 0.3 is 0 Å². The molecule has 1 amide bonds. The Kier molecular flexibility index (Phi) is 5.07. The van der Waals surface area contributed by atoms with Gasteiger partial charge in [-0.1, -0.05) is 0 Å². The van der Waals surface area contributed by atoms with E-state index in [0.717, 1.165) is 5.69 Å². The van der Waals surface area contributed by atoms with Crippen LogP contribution in [-0.2, 0) is 0 Å². The Bertz CT molecular complexity index is 1040. The molecule has 2 aromatic carbocycles. The molecule has 1 aliphatic rings. The van der Waals surface area contributed by atoms with E-state index in [2.05, 4.69) is 15.6 Å². The van der Waals surface area contributed by atoms with E-state index >= 15 is 0 Å². The van der Waals surface area contributed by atoms with Gasteiger partial charge in [-0.15, -0.1) is 0 Å². The first-order valence-electron chi connectivity index (χ1n) is 8.82. The molecule has 0 radical (unpaired) electrons. The van der Waals surface area contributed by atoms with Crippen LogP contribution in [0.3, 0.4) is 0 Å². The van der Waals surface area contributed by atoms with E-state index in [1.54, 1.807) is 37.4 Å². The number of pyridine rings is 1. The van der Waals surface area contributed by atoms with E-state index in [0.29, 0.717) is 40.1 Å². The summed E-state index contributed by atoms with van der Waals surface area (Å²) in [5, 5.41) is 5.98. The SMILES string of the molecule is COc1ccc(NC(=O)c2ccc(Nc3ccc4c(c3)OCO4)nc2)c(OC)c1. The Morgan fingerprint density at radius 2 is 1.86 bits per heavy atom. The first-order chi connectivity index (χ1) is 14.2. The minimum atomic E-state index is -0.296. The van der Waals surface area contributed by atoms with E-state index in [1.165, 1.54) is 13.3 Å². The third-order valence-electron chi connectivity index (χ3n) is 4.33. The first-order valence-corrected chi connectivity index (χ1v) is 8.82. The summed E-state index contributed by atoms with van der Waals surface area (Å²) in [5.74, 6) is 2.84. The number of amides is 1. The van der Waals surface area contributed by atoms with Gasteiger partial charge in [0.05, 0.1) is 25.5 Å². The fourth-order valence-electron chi connectivity index (χ4n) is 2.82. The monoisotopic (exact) mass is 393 g/mol. The number of carbonyl (C=O) groups is 1. The highest BCUT2D eigenvalue weighted by Crippen LogP contribution is 2.35. The molecule has 0 bridgehead atoms. The Morgan fingerprint density at radius 1 is 1.00 bits per heavy atom. The minimum absolute atomic E-state index is 0.222. The van der Waals surface area contributed by atoms with Crippen molar-refractivity contribution in [3.8, 4) is 23.0 Å². The van der Waals surface area contributed by atoms with Gasteiger partial charge in [0.1, 0.15) is 17.3 Å². The fraction of sp³-hybridized carbons (Fsp3) is 0.143. The van der Waals surface area contributed by atoms with Gasteiger partial charge < -0.3 is 29.6 Å². The smallest absolute Gasteiger partial charge is 0.257 e. The van der Waals surface area contributed by atoms with E-state index < -0.39 is 0 Å².